The van der Waals surface area contributed by atoms with Gasteiger partial charge >= 0.3 is 0 Å². The van der Waals surface area contributed by atoms with E-state index in [1.54, 1.807) is 18.3 Å². The Morgan fingerprint density at radius 1 is 1.32 bits per heavy atom. The molecule has 1 saturated heterocycles. The Hall–Kier alpha value is -2.41. The van der Waals surface area contributed by atoms with Gasteiger partial charge in [0.1, 0.15) is 0 Å². The van der Waals surface area contributed by atoms with E-state index in [4.69, 9.17) is 0 Å². The molecule has 2 heterocycles. The summed E-state index contributed by atoms with van der Waals surface area (Å²) >= 11 is 0. The average molecular weight is 349 g/mol. The Bertz CT molecular complexity index is 746. The van der Waals surface area contributed by atoms with Gasteiger partial charge in [-0.05, 0) is 42.8 Å². The molecule has 1 aliphatic rings. The lowest BCUT2D eigenvalue weighted by atomic mass is 9.99. The number of amides is 1. The van der Waals surface area contributed by atoms with E-state index in [-0.39, 0.29) is 11.9 Å². The smallest absolute Gasteiger partial charge is 0.253 e. The van der Waals surface area contributed by atoms with Crippen LogP contribution >= 0.6 is 0 Å². The summed E-state index contributed by atoms with van der Waals surface area (Å²) in [6, 6.07) is 4.54. The Balaban J connectivity index is 1.87. The van der Waals surface area contributed by atoms with E-state index in [1.807, 2.05) is 11.8 Å². The summed E-state index contributed by atoms with van der Waals surface area (Å²) in [6.45, 7) is 3.23. The maximum atomic E-state index is 13.6. The molecular weight excluding hydrogens is 331 g/mol. The van der Waals surface area contributed by atoms with Crippen LogP contribution in [0.5, 0.6) is 0 Å². The van der Waals surface area contributed by atoms with Gasteiger partial charge in [-0.15, -0.1) is 0 Å². The molecule has 7 heteroatoms. The summed E-state index contributed by atoms with van der Waals surface area (Å²) in [4.78, 5) is 18.3. The Morgan fingerprint density at radius 2 is 2.04 bits per heavy atom. The summed E-state index contributed by atoms with van der Waals surface area (Å²) in [5, 5.41) is 2.90. The quantitative estimate of drug-likeness (QED) is 0.863. The normalized spacial score (nSPS) is 20.6. The second-order valence-corrected chi connectivity index (χ2v) is 5.98. The van der Waals surface area contributed by atoms with Gasteiger partial charge in [0.15, 0.2) is 17.5 Å². The second-order valence-electron chi connectivity index (χ2n) is 5.98. The van der Waals surface area contributed by atoms with E-state index in [2.05, 4.69) is 10.3 Å². The predicted octanol–water partition coefficient (Wildman–Crippen LogP) is 3.06. The molecule has 1 amide bonds. The highest BCUT2D eigenvalue weighted by Gasteiger charge is 2.36. The lowest BCUT2D eigenvalue weighted by Gasteiger charge is -2.28. The minimum atomic E-state index is -1.49. The highest BCUT2D eigenvalue weighted by molar-refractivity contribution is 5.94. The molecule has 0 bridgehead atoms. The minimum absolute atomic E-state index is 0.302. The van der Waals surface area contributed by atoms with Gasteiger partial charge in [-0.25, -0.2) is 13.2 Å². The molecule has 3 rings (SSSR count). The molecule has 1 aromatic carbocycles. The summed E-state index contributed by atoms with van der Waals surface area (Å²) in [6.07, 6.45) is 3.65. The van der Waals surface area contributed by atoms with E-state index in [0.717, 1.165) is 12.1 Å². The van der Waals surface area contributed by atoms with Crippen LogP contribution in [0.2, 0.25) is 0 Å². The fourth-order valence-electron chi connectivity index (χ4n) is 3.30. The molecule has 1 N–H and O–H groups in total. The zero-order chi connectivity index (χ0) is 18.0. The number of carbonyl (C=O) groups is 1. The third-order valence-corrected chi connectivity index (χ3v) is 4.50. The molecule has 1 fully saturated rings. The van der Waals surface area contributed by atoms with Crippen molar-refractivity contribution in [1.82, 2.24) is 15.2 Å². The van der Waals surface area contributed by atoms with Crippen molar-refractivity contribution in [2.24, 2.45) is 0 Å². The monoisotopic (exact) mass is 349 g/mol. The topological polar surface area (TPSA) is 45.2 Å². The number of hydrogen-bond acceptors (Lipinski definition) is 3. The number of carbonyl (C=O) groups excluding carboxylic acids is 1. The first-order valence-corrected chi connectivity index (χ1v) is 8.10. The van der Waals surface area contributed by atoms with Crippen LogP contribution in [0.15, 0.2) is 36.7 Å². The minimum Gasteiger partial charge on any atom is -0.347 e. The van der Waals surface area contributed by atoms with E-state index >= 15 is 0 Å². The van der Waals surface area contributed by atoms with Gasteiger partial charge in [-0.3, -0.25) is 14.7 Å². The average Bonchev–Trinajstić information content (AvgIpc) is 3.02. The Kier molecular flexibility index (Phi) is 5.03. The number of aromatic nitrogens is 1. The predicted molar refractivity (Wildman–Crippen MR) is 86.4 cm³/mol. The number of benzene rings is 1. The maximum absolute atomic E-state index is 13.6. The number of rotatable bonds is 4. The van der Waals surface area contributed by atoms with Crippen LogP contribution in [0, 0.1) is 17.5 Å². The third-order valence-electron chi connectivity index (χ3n) is 4.50. The van der Waals surface area contributed by atoms with Crippen molar-refractivity contribution in [2.75, 3.05) is 13.1 Å². The van der Waals surface area contributed by atoms with Crippen LogP contribution in [0.1, 0.15) is 35.3 Å². The molecule has 0 saturated carbocycles. The van der Waals surface area contributed by atoms with Gasteiger partial charge in [0, 0.05) is 18.9 Å². The molecule has 2 atom stereocenters. The van der Waals surface area contributed by atoms with E-state index in [0.29, 0.717) is 30.6 Å². The van der Waals surface area contributed by atoms with Crippen molar-refractivity contribution in [3.8, 4) is 0 Å². The number of likely N-dealkylation sites (tertiary alicyclic amines) is 1. The lowest BCUT2D eigenvalue weighted by Crippen LogP contribution is -2.39. The molecule has 4 nitrogen and oxygen atoms in total. The number of pyridine rings is 1. The van der Waals surface area contributed by atoms with Crippen molar-refractivity contribution in [2.45, 2.75) is 25.4 Å². The van der Waals surface area contributed by atoms with Gasteiger partial charge in [0.25, 0.3) is 5.91 Å². The highest BCUT2D eigenvalue weighted by Crippen LogP contribution is 2.33. The molecule has 1 aliphatic heterocycles. The lowest BCUT2D eigenvalue weighted by molar-refractivity contribution is 0.0925. The Labute approximate surface area is 143 Å². The van der Waals surface area contributed by atoms with Crippen LogP contribution in [0.25, 0.3) is 0 Å². The summed E-state index contributed by atoms with van der Waals surface area (Å²) in [7, 11) is 0. The first-order valence-electron chi connectivity index (χ1n) is 8.10. The third kappa shape index (κ3) is 3.51. The standard InChI is InChI=1S/C18H18F3N3O/c1-2-24-7-5-15(23-18(25)11-4-3-6-22-10-11)17(24)12-8-13(19)16(21)14(20)9-12/h3-4,6,8-10,15,17H,2,5,7H2,1H3,(H,23,25)/t15-,17-/m1/s1. The van der Waals surface area contributed by atoms with Gasteiger partial charge in [-0.2, -0.15) is 0 Å². The number of halogens is 3. The molecule has 25 heavy (non-hydrogen) atoms. The van der Waals surface area contributed by atoms with Crippen molar-refractivity contribution in [3.05, 3.63) is 65.2 Å². The number of nitrogens with zero attached hydrogens (tertiary/aromatic N) is 2. The fraction of sp³-hybridized carbons (Fsp3) is 0.333. The van der Waals surface area contributed by atoms with Gasteiger partial charge in [0.2, 0.25) is 0 Å². The number of nitrogens with one attached hydrogen (secondary N) is 1. The molecule has 0 radical (unpaired) electrons. The van der Waals surface area contributed by atoms with Crippen LogP contribution in [-0.4, -0.2) is 34.9 Å². The Morgan fingerprint density at radius 3 is 2.64 bits per heavy atom. The largest absolute Gasteiger partial charge is 0.347 e. The van der Waals surface area contributed by atoms with Crippen molar-refractivity contribution >= 4 is 5.91 Å². The summed E-state index contributed by atoms with van der Waals surface area (Å²) in [5.74, 6) is -4.24. The van der Waals surface area contributed by atoms with E-state index in [9.17, 15) is 18.0 Å². The first-order chi connectivity index (χ1) is 12.0. The van der Waals surface area contributed by atoms with Crippen LogP contribution in [0.3, 0.4) is 0 Å². The SMILES string of the molecule is CCN1CC[C@@H](NC(=O)c2cccnc2)[C@H]1c1cc(F)c(F)c(F)c1. The van der Waals surface area contributed by atoms with Crippen LogP contribution < -0.4 is 5.32 Å². The van der Waals surface area contributed by atoms with E-state index in [1.165, 1.54) is 6.20 Å². The molecular formula is C18H18F3N3O. The molecule has 132 valence electrons. The van der Waals surface area contributed by atoms with Crippen molar-refractivity contribution < 1.29 is 18.0 Å². The van der Waals surface area contributed by atoms with Gasteiger partial charge in [-0.1, -0.05) is 6.92 Å². The fourth-order valence-corrected chi connectivity index (χ4v) is 3.30. The van der Waals surface area contributed by atoms with Crippen molar-refractivity contribution in [3.63, 3.8) is 0 Å². The summed E-state index contributed by atoms with van der Waals surface area (Å²) in [5.41, 5.74) is 0.722. The second kappa shape index (κ2) is 7.23. The summed E-state index contributed by atoms with van der Waals surface area (Å²) < 4.78 is 40.6. The maximum Gasteiger partial charge on any atom is 0.253 e. The van der Waals surface area contributed by atoms with Gasteiger partial charge in [0.05, 0.1) is 17.6 Å². The molecule has 0 unspecified atom stereocenters. The molecule has 1 aromatic heterocycles. The van der Waals surface area contributed by atoms with E-state index < -0.39 is 23.5 Å². The molecule has 0 aliphatic carbocycles. The number of likely N-dealkylation sites (N-methyl/N-ethyl adjacent to an activating group) is 1. The van der Waals surface area contributed by atoms with Crippen LogP contribution in [-0.2, 0) is 0 Å². The van der Waals surface area contributed by atoms with Crippen molar-refractivity contribution in [1.29, 1.82) is 0 Å². The zero-order valence-electron chi connectivity index (χ0n) is 13.7. The first kappa shape index (κ1) is 17.4. The number of hydrogen-bond donors (Lipinski definition) is 1. The molecule has 2 aromatic rings. The zero-order valence-corrected chi connectivity index (χ0v) is 13.7. The molecule has 0 spiro atoms. The van der Waals surface area contributed by atoms with Gasteiger partial charge < -0.3 is 5.32 Å². The highest BCUT2D eigenvalue weighted by atomic mass is 19.2. The van der Waals surface area contributed by atoms with Crippen LogP contribution in [0.4, 0.5) is 13.2 Å².